The summed E-state index contributed by atoms with van der Waals surface area (Å²) >= 11 is 0. The Morgan fingerprint density at radius 2 is 1.20 bits per heavy atom. The van der Waals surface area contributed by atoms with E-state index in [1.165, 1.54) is 83.5 Å². The quantitative estimate of drug-likeness (QED) is 0.0839. The van der Waals surface area contributed by atoms with Gasteiger partial charge in [-0.15, -0.1) is 0 Å². The van der Waals surface area contributed by atoms with Gasteiger partial charge in [-0.05, 0) is 25.7 Å². The van der Waals surface area contributed by atoms with Crippen molar-refractivity contribution >= 4 is 7.60 Å². The number of rotatable bonds is 21. The van der Waals surface area contributed by atoms with Gasteiger partial charge in [-0.25, -0.2) is 0 Å². The summed E-state index contributed by atoms with van der Waals surface area (Å²) in [5, 5.41) is 0. The molecule has 30 heavy (non-hydrogen) atoms. The maximum absolute atomic E-state index is 12.5. The Kier molecular flexibility index (Phi) is 18.3. The minimum atomic E-state index is -3.55. The fourth-order valence-corrected chi connectivity index (χ4v) is 5.93. The zero-order valence-corrected chi connectivity index (χ0v) is 21.8. The molecule has 5 heteroatoms. The number of quaternary nitrogens is 1. The minimum absolute atomic E-state index is 0.347. The number of hydrogen-bond acceptors (Lipinski definition) is 2. The maximum atomic E-state index is 12.5. The Labute approximate surface area is 188 Å². The highest BCUT2D eigenvalue weighted by Crippen LogP contribution is 2.51. The number of hydrogen-bond donors (Lipinski definition) is 1. The maximum Gasteiger partial charge on any atom is 0.385 e. The fourth-order valence-electron chi connectivity index (χ4n) is 4.03. The molecule has 0 aromatic rings. The molecule has 1 N–H and O–H groups in total. The van der Waals surface area contributed by atoms with Gasteiger partial charge in [-0.1, -0.05) is 96.6 Å². The second-order valence-electron chi connectivity index (χ2n) is 9.69. The lowest BCUT2D eigenvalue weighted by molar-refractivity contribution is -0.883. The van der Waals surface area contributed by atoms with Gasteiger partial charge < -0.3 is 13.9 Å². The average molecular weight is 447 g/mol. The molecule has 2 unspecified atom stereocenters. The Morgan fingerprint density at radius 1 is 0.767 bits per heavy atom. The molecule has 2 atom stereocenters. The normalized spacial score (nSPS) is 15.5. The van der Waals surface area contributed by atoms with Gasteiger partial charge in [0.1, 0.15) is 0 Å². The highest BCUT2D eigenvalue weighted by molar-refractivity contribution is 7.53. The Morgan fingerprint density at radius 3 is 1.63 bits per heavy atom. The lowest BCUT2D eigenvalue weighted by Gasteiger charge is -2.35. The summed E-state index contributed by atoms with van der Waals surface area (Å²) in [5.74, 6) is -0.347. The van der Waals surface area contributed by atoms with Crippen LogP contribution in [0.25, 0.3) is 0 Å². The van der Waals surface area contributed by atoms with Crippen LogP contribution in [0, 0.1) is 0 Å². The lowest BCUT2D eigenvalue weighted by atomic mass is 10.0. The SMILES string of the molecule is CCC/C=C\CCCCCCCCCCCCCCOP(=O)(O)C(CC)[N+](C)(C)C. The van der Waals surface area contributed by atoms with Crippen LogP contribution in [0.15, 0.2) is 12.2 Å². The van der Waals surface area contributed by atoms with Crippen LogP contribution in [-0.4, -0.2) is 42.9 Å². The topological polar surface area (TPSA) is 46.5 Å². The first-order chi connectivity index (χ1) is 14.3. The Bertz CT molecular complexity index is 460. The number of nitrogens with zero attached hydrogens (tertiary/aromatic N) is 1. The highest BCUT2D eigenvalue weighted by Gasteiger charge is 2.41. The molecule has 0 saturated carbocycles. The van der Waals surface area contributed by atoms with Crippen molar-refractivity contribution in [2.75, 3.05) is 27.7 Å². The van der Waals surface area contributed by atoms with E-state index in [2.05, 4.69) is 19.1 Å². The van der Waals surface area contributed by atoms with Crippen LogP contribution >= 0.6 is 7.60 Å². The van der Waals surface area contributed by atoms with Gasteiger partial charge >= 0.3 is 7.60 Å². The standard InChI is InChI=1S/C25H52NO3P/c1-6-8-9-10-11-12-13-14-15-16-17-18-19-20-21-22-23-24-29-30(27,28)25(7-2)26(3,4)5/h9-10,25H,6-8,11-24H2,1-5H3/p+1/b10-9-. The molecule has 0 spiro atoms. The van der Waals surface area contributed by atoms with Gasteiger partial charge in [-0.3, -0.25) is 4.57 Å². The summed E-state index contributed by atoms with van der Waals surface area (Å²) in [6, 6.07) is 0. The molecule has 0 amide bonds. The van der Waals surface area contributed by atoms with Crippen molar-refractivity contribution in [3.05, 3.63) is 12.2 Å². The van der Waals surface area contributed by atoms with Gasteiger partial charge in [0.2, 0.25) is 0 Å². The van der Waals surface area contributed by atoms with E-state index in [1.54, 1.807) is 0 Å². The second-order valence-corrected chi connectivity index (χ2v) is 11.7. The van der Waals surface area contributed by atoms with E-state index in [9.17, 15) is 9.46 Å². The van der Waals surface area contributed by atoms with Crippen LogP contribution in [0.1, 0.15) is 117 Å². The van der Waals surface area contributed by atoms with Crippen LogP contribution in [0.2, 0.25) is 0 Å². The van der Waals surface area contributed by atoms with E-state index in [0.717, 1.165) is 12.8 Å². The molecule has 0 aliphatic heterocycles. The zero-order chi connectivity index (χ0) is 22.7. The third-order valence-corrected chi connectivity index (χ3v) is 8.16. The summed E-state index contributed by atoms with van der Waals surface area (Å²) in [6.45, 7) is 4.58. The van der Waals surface area contributed by atoms with Crippen LogP contribution < -0.4 is 0 Å². The molecule has 0 aliphatic rings. The summed E-state index contributed by atoms with van der Waals surface area (Å²) in [7, 11) is 2.31. The van der Waals surface area contributed by atoms with Crippen LogP contribution in [0.3, 0.4) is 0 Å². The Balaban J connectivity index is 3.46. The van der Waals surface area contributed by atoms with Crippen molar-refractivity contribution in [1.82, 2.24) is 0 Å². The van der Waals surface area contributed by atoms with Crippen molar-refractivity contribution in [2.24, 2.45) is 0 Å². The first-order valence-corrected chi connectivity index (χ1v) is 14.3. The van der Waals surface area contributed by atoms with Gasteiger partial charge in [-0.2, -0.15) is 0 Å². The van der Waals surface area contributed by atoms with Crippen LogP contribution in [0.5, 0.6) is 0 Å². The molecule has 4 nitrogen and oxygen atoms in total. The predicted octanol–water partition coefficient (Wildman–Crippen LogP) is 8.06. The van der Waals surface area contributed by atoms with Crippen LogP contribution in [0.4, 0.5) is 0 Å². The first kappa shape index (κ1) is 29.9. The number of unbranched alkanes of at least 4 members (excludes halogenated alkanes) is 13. The summed E-state index contributed by atoms with van der Waals surface area (Å²) in [5.41, 5.74) is 0. The molecule has 0 rings (SSSR count). The second kappa shape index (κ2) is 18.4. The third-order valence-electron chi connectivity index (χ3n) is 5.80. The molecule has 180 valence electrons. The minimum Gasteiger partial charge on any atom is -0.320 e. The molecule has 0 aromatic heterocycles. The Hall–Kier alpha value is -0.150. The summed E-state index contributed by atoms with van der Waals surface area (Å²) in [6.07, 6.45) is 24.5. The molecule has 0 bridgehead atoms. The smallest absolute Gasteiger partial charge is 0.320 e. The average Bonchev–Trinajstić information content (AvgIpc) is 2.66. The molecule has 0 heterocycles. The van der Waals surface area contributed by atoms with Crippen molar-refractivity contribution in [3.8, 4) is 0 Å². The zero-order valence-electron chi connectivity index (χ0n) is 20.9. The monoisotopic (exact) mass is 446 g/mol. The van der Waals surface area contributed by atoms with E-state index in [1.807, 2.05) is 28.1 Å². The fraction of sp³-hybridized carbons (Fsp3) is 0.920. The van der Waals surface area contributed by atoms with Crippen molar-refractivity contribution < 1.29 is 18.5 Å². The van der Waals surface area contributed by atoms with Gasteiger partial charge in [0.05, 0.1) is 27.7 Å². The predicted molar refractivity (Wildman–Crippen MR) is 132 cm³/mol. The molecule has 0 radical (unpaired) electrons. The molecular formula is C25H53NO3P+. The van der Waals surface area contributed by atoms with Crippen molar-refractivity contribution in [3.63, 3.8) is 0 Å². The van der Waals surface area contributed by atoms with E-state index < -0.39 is 7.60 Å². The van der Waals surface area contributed by atoms with Gasteiger partial charge in [0.25, 0.3) is 0 Å². The lowest BCUT2D eigenvalue weighted by Crippen LogP contribution is -2.44. The highest BCUT2D eigenvalue weighted by atomic mass is 31.2. The molecule has 0 fully saturated rings. The van der Waals surface area contributed by atoms with Crippen molar-refractivity contribution in [2.45, 2.75) is 122 Å². The van der Waals surface area contributed by atoms with Crippen molar-refractivity contribution in [1.29, 1.82) is 0 Å². The molecule has 0 aliphatic carbocycles. The summed E-state index contributed by atoms with van der Waals surface area (Å²) < 4.78 is 18.4. The van der Waals surface area contributed by atoms with E-state index in [0.29, 0.717) is 17.5 Å². The summed E-state index contributed by atoms with van der Waals surface area (Å²) in [4.78, 5) is 10.3. The first-order valence-electron chi connectivity index (χ1n) is 12.7. The molecule has 0 aromatic carbocycles. The van der Waals surface area contributed by atoms with E-state index in [4.69, 9.17) is 4.52 Å². The molecular weight excluding hydrogens is 393 g/mol. The van der Waals surface area contributed by atoms with E-state index >= 15 is 0 Å². The largest absolute Gasteiger partial charge is 0.385 e. The molecule has 0 saturated heterocycles. The van der Waals surface area contributed by atoms with Gasteiger partial charge in [0.15, 0.2) is 5.78 Å². The van der Waals surface area contributed by atoms with E-state index in [-0.39, 0.29) is 5.78 Å². The number of allylic oxidation sites excluding steroid dienone is 2. The third kappa shape index (κ3) is 16.5. The van der Waals surface area contributed by atoms with Crippen LogP contribution in [-0.2, 0) is 9.09 Å². The van der Waals surface area contributed by atoms with Gasteiger partial charge in [0, 0.05) is 6.42 Å².